The lowest BCUT2D eigenvalue weighted by molar-refractivity contribution is 0.100. The first-order chi connectivity index (χ1) is 10.6. The number of urea groups is 1. The number of rotatable bonds is 4. The molecular formula is C15H21N3O3S. The normalized spacial score (nSPS) is 20.5. The van der Waals surface area contributed by atoms with Crippen LogP contribution in [0.3, 0.4) is 0 Å². The monoisotopic (exact) mass is 323 g/mol. The van der Waals surface area contributed by atoms with Crippen LogP contribution in [0.15, 0.2) is 0 Å². The van der Waals surface area contributed by atoms with Gasteiger partial charge in [-0.2, -0.15) is 0 Å². The maximum atomic E-state index is 12.0. The molecule has 22 heavy (non-hydrogen) atoms. The van der Waals surface area contributed by atoms with Gasteiger partial charge in [-0.15, -0.1) is 11.3 Å². The van der Waals surface area contributed by atoms with Crippen LogP contribution < -0.4 is 16.4 Å². The zero-order valence-electron chi connectivity index (χ0n) is 12.4. The Hall–Kier alpha value is -1.60. The first kappa shape index (κ1) is 15.3. The number of thiophene rings is 1. The van der Waals surface area contributed by atoms with Gasteiger partial charge in [0.2, 0.25) is 0 Å². The van der Waals surface area contributed by atoms with Crippen LogP contribution in [0.1, 0.15) is 46.5 Å². The van der Waals surface area contributed by atoms with Gasteiger partial charge in [-0.1, -0.05) is 0 Å². The first-order valence-electron chi connectivity index (χ1n) is 7.76. The van der Waals surface area contributed by atoms with E-state index in [1.807, 2.05) is 0 Å². The second-order valence-corrected chi connectivity index (χ2v) is 6.85. The molecule has 1 atom stereocenters. The Labute approximate surface area is 133 Å². The largest absolute Gasteiger partial charge is 0.376 e. The van der Waals surface area contributed by atoms with E-state index < -0.39 is 5.91 Å². The summed E-state index contributed by atoms with van der Waals surface area (Å²) in [5, 5.41) is 6.16. The van der Waals surface area contributed by atoms with Crippen molar-refractivity contribution in [2.45, 2.75) is 44.6 Å². The molecule has 1 aromatic rings. The number of nitrogens with two attached hydrogens (primary N) is 1. The van der Waals surface area contributed by atoms with Crippen LogP contribution >= 0.6 is 11.3 Å². The van der Waals surface area contributed by atoms with Crippen LogP contribution in [0.4, 0.5) is 9.80 Å². The number of nitrogens with one attached hydrogen (secondary N) is 2. The molecule has 1 fully saturated rings. The van der Waals surface area contributed by atoms with Gasteiger partial charge in [-0.25, -0.2) is 4.79 Å². The molecule has 0 bridgehead atoms. The van der Waals surface area contributed by atoms with E-state index in [2.05, 4.69) is 10.6 Å². The summed E-state index contributed by atoms with van der Waals surface area (Å²) in [5.74, 6) is -0.464. The lowest BCUT2D eigenvalue weighted by Crippen LogP contribution is -2.35. The summed E-state index contributed by atoms with van der Waals surface area (Å²) in [4.78, 5) is 24.9. The Kier molecular flexibility index (Phi) is 4.63. The second kappa shape index (κ2) is 6.66. The summed E-state index contributed by atoms with van der Waals surface area (Å²) in [7, 11) is 0. The quantitative estimate of drug-likeness (QED) is 0.791. The zero-order chi connectivity index (χ0) is 15.5. The van der Waals surface area contributed by atoms with Crippen molar-refractivity contribution in [3.8, 4) is 0 Å². The smallest absolute Gasteiger partial charge is 0.319 e. The van der Waals surface area contributed by atoms with Crippen molar-refractivity contribution >= 4 is 28.3 Å². The highest BCUT2D eigenvalue weighted by Crippen LogP contribution is 2.37. The molecule has 1 aromatic heterocycles. The Bertz CT molecular complexity index is 579. The molecule has 7 heteroatoms. The van der Waals surface area contributed by atoms with Crippen LogP contribution in [-0.4, -0.2) is 31.2 Å². The summed E-state index contributed by atoms with van der Waals surface area (Å²) in [6.07, 6.45) is 6.11. The van der Waals surface area contributed by atoms with Crippen LogP contribution in [0.5, 0.6) is 0 Å². The van der Waals surface area contributed by atoms with Crippen molar-refractivity contribution in [2.75, 3.05) is 18.5 Å². The van der Waals surface area contributed by atoms with Gasteiger partial charge in [-0.3, -0.25) is 10.1 Å². The Morgan fingerprint density at radius 3 is 2.82 bits per heavy atom. The molecule has 120 valence electrons. The number of hydrogen-bond acceptors (Lipinski definition) is 4. The summed E-state index contributed by atoms with van der Waals surface area (Å²) in [5.41, 5.74) is 7.03. The third kappa shape index (κ3) is 3.25. The molecule has 2 heterocycles. The van der Waals surface area contributed by atoms with Crippen LogP contribution in [-0.2, 0) is 17.6 Å². The molecule has 1 aliphatic carbocycles. The molecule has 2 aliphatic rings. The minimum Gasteiger partial charge on any atom is -0.376 e. The fourth-order valence-electron chi connectivity index (χ4n) is 3.07. The van der Waals surface area contributed by atoms with Crippen molar-refractivity contribution in [1.29, 1.82) is 0 Å². The highest BCUT2D eigenvalue weighted by molar-refractivity contribution is 7.17. The van der Waals surface area contributed by atoms with Gasteiger partial charge in [0.15, 0.2) is 0 Å². The van der Waals surface area contributed by atoms with Crippen molar-refractivity contribution in [3.63, 3.8) is 0 Å². The maximum Gasteiger partial charge on any atom is 0.319 e. The molecule has 3 rings (SSSR count). The Balaban J connectivity index is 1.67. The molecule has 1 saturated heterocycles. The van der Waals surface area contributed by atoms with E-state index in [0.29, 0.717) is 17.1 Å². The van der Waals surface area contributed by atoms with E-state index in [9.17, 15) is 9.59 Å². The predicted molar refractivity (Wildman–Crippen MR) is 85.5 cm³/mol. The fraction of sp³-hybridized carbons (Fsp3) is 0.600. The van der Waals surface area contributed by atoms with Gasteiger partial charge >= 0.3 is 6.03 Å². The van der Waals surface area contributed by atoms with Crippen LogP contribution in [0.25, 0.3) is 0 Å². The van der Waals surface area contributed by atoms with E-state index in [1.54, 1.807) is 0 Å². The van der Waals surface area contributed by atoms with E-state index in [1.165, 1.54) is 16.2 Å². The lowest BCUT2D eigenvalue weighted by Gasteiger charge is -2.12. The number of anilines is 1. The first-order valence-corrected chi connectivity index (χ1v) is 8.57. The molecule has 1 aliphatic heterocycles. The highest BCUT2D eigenvalue weighted by atomic mass is 32.1. The van der Waals surface area contributed by atoms with Crippen molar-refractivity contribution < 1.29 is 14.3 Å². The summed E-state index contributed by atoms with van der Waals surface area (Å²) in [6, 6.07) is -0.309. The lowest BCUT2D eigenvalue weighted by atomic mass is 9.95. The Morgan fingerprint density at radius 1 is 1.27 bits per heavy atom. The average Bonchev–Trinajstić information content (AvgIpc) is 3.11. The number of aryl methyl sites for hydroxylation is 1. The third-order valence-electron chi connectivity index (χ3n) is 4.16. The summed E-state index contributed by atoms with van der Waals surface area (Å²) in [6.45, 7) is 1.25. The highest BCUT2D eigenvalue weighted by Gasteiger charge is 2.25. The molecule has 3 amide bonds. The van der Waals surface area contributed by atoms with Gasteiger partial charge in [0.05, 0.1) is 11.7 Å². The van der Waals surface area contributed by atoms with E-state index in [4.69, 9.17) is 10.5 Å². The van der Waals surface area contributed by atoms with Gasteiger partial charge in [0, 0.05) is 18.0 Å². The zero-order valence-corrected chi connectivity index (χ0v) is 13.3. The van der Waals surface area contributed by atoms with E-state index in [-0.39, 0.29) is 12.1 Å². The molecule has 6 nitrogen and oxygen atoms in total. The molecule has 0 spiro atoms. The fourth-order valence-corrected chi connectivity index (χ4v) is 4.36. The molecule has 1 unspecified atom stereocenters. The SMILES string of the molecule is NC(=O)c1c(NC(=O)NCC2CCCO2)sc2c1CCCC2. The standard InChI is InChI=1S/C15H21N3O3S/c16-13(19)12-10-5-1-2-6-11(10)22-14(12)18-15(20)17-8-9-4-3-7-21-9/h9H,1-8H2,(H2,16,19)(H2,17,18,20). The average molecular weight is 323 g/mol. The minimum atomic E-state index is -0.464. The maximum absolute atomic E-state index is 12.0. The van der Waals surface area contributed by atoms with Crippen molar-refractivity contribution in [2.24, 2.45) is 5.73 Å². The van der Waals surface area contributed by atoms with Crippen LogP contribution in [0, 0.1) is 0 Å². The van der Waals surface area contributed by atoms with E-state index >= 15 is 0 Å². The van der Waals surface area contributed by atoms with Gasteiger partial charge in [0.1, 0.15) is 5.00 Å². The minimum absolute atomic E-state index is 0.0953. The third-order valence-corrected chi connectivity index (χ3v) is 5.37. The molecule has 0 aromatic carbocycles. The van der Waals surface area contributed by atoms with E-state index in [0.717, 1.165) is 50.7 Å². The molecule has 0 saturated carbocycles. The number of carbonyl (C=O) groups is 2. The number of fused-ring (bicyclic) bond motifs is 1. The molecule has 0 radical (unpaired) electrons. The topological polar surface area (TPSA) is 93.5 Å². The molecular weight excluding hydrogens is 302 g/mol. The van der Waals surface area contributed by atoms with Gasteiger partial charge < -0.3 is 15.8 Å². The number of carbonyl (C=O) groups excluding carboxylic acids is 2. The van der Waals surface area contributed by atoms with Crippen molar-refractivity contribution in [1.82, 2.24) is 5.32 Å². The summed E-state index contributed by atoms with van der Waals surface area (Å²) >= 11 is 1.47. The molecule has 4 N–H and O–H groups in total. The predicted octanol–water partition coefficient (Wildman–Crippen LogP) is 2.03. The van der Waals surface area contributed by atoms with Gasteiger partial charge in [-0.05, 0) is 44.1 Å². The Morgan fingerprint density at radius 2 is 2.09 bits per heavy atom. The van der Waals surface area contributed by atoms with Crippen LogP contribution in [0.2, 0.25) is 0 Å². The number of primary amides is 1. The number of amides is 3. The van der Waals surface area contributed by atoms with Gasteiger partial charge in [0.25, 0.3) is 5.91 Å². The summed E-state index contributed by atoms with van der Waals surface area (Å²) < 4.78 is 5.47. The number of ether oxygens (including phenoxy) is 1. The second-order valence-electron chi connectivity index (χ2n) is 5.75. The number of hydrogen-bond donors (Lipinski definition) is 3. The van der Waals surface area contributed by atoms with Crippen molar-refractivity contribution in [3.05, 3.63) is 16.0 Å².